The average molecular weight is 487 g/mol. The lowest BCUT2D eigenvalue weighted by Crippen LogP contribution is -2.33. The molecule has 3 aliphatic carbocycles. The topological polar surface area (TPSA) is 13.1 Å². The standard InChI is InChI=1S/C31H19BrO/c32-18-13-14-25-22(17-18)19-7-1-4-10-23(19)31(25)24-11-5-2-8-20(24)29-26(31)15-16-28-30(29)21-9-3-6-12-27(21)33-28/h1-17,22,25H. The molecule has 1 spiro atoms. The van der Waals surface area contributed by atoms with Crippen molar-refractivity contribution in [3.8, 4) is 11.1 Å². The Morgan fingerprint density at radius 2 is 1.52 bits per heavy atom. The molecule has 8 rings (SSSR count). The van der Waals surface area contributed by atoms with Crippen LogP contribution in [0.15, 0.2) is 112 Å². The lowest BCUT2D eigenvalue weighted by Gasteiger charge is -2.36. The molecule has 5 aromatic rings. The maximum Gasteiger partial charge on any atom is 0.136 e. The van der Waals surface area contributed by atoms with Gasteiger partial charge in [-0.15, -0.1) is 0 Å². The van der Waals surface area contributed by atoms with E-state index < -0.39 is 0 Å². The number of benzene rings is 4. The van der Waals surface area contributed by atoms with Crippen molar-refractivity contribution in [2.75, 3.05) is 0 Å². The van der Waals surface area contributed by atoms with Gasteiger partial charge in [-0.25, -0.2) is 0 Å². The Labute approximate surface area is 200 Å². The largest absolute Gasteiger partial charge is 0.456 e. The predicted octanol–water partition coefficient (Wildman–Crippen LogP) is 8.46. The Kier molecular flexibility index (Phi) is 3.38. The van der Waals surface area contributed by atoms with E-state index in [1.54, 1.807) is 0 Å². The molecule has 0 aliphatic heterocycles. The Balaban J connectivity index is 1.59. The quantitative estimate of drug-likeness (QED) is 0.214. The zero-order chi connectivity index (χ0) is 21.7. The minimum Gasteiger partial charge on any atom is -0.456 e. The van der Waals surface area contributed by atoms with E-state index in [2.05, 4.69) is 119 Å². The lowest BCUT2D eigenvalue weighted by atomic mass is 9.65. The van der Waals surface area contributed by atoms with Gasteiger partial charge < -0.3 is 4.42 Å². The smallest absolute Gasteiger partial charge is 0.136 e. The van der Waals surface area contributed by atoms with Crippen molar-refractivity contribution in [2.45, 2.75) is 11.3 Å². The monoisotopic (exact) mass is 486 g/mol. The van der Waals surface area contributed by atoms with Gasteiger partial charge in [-0.2, -0.15) is 0 Å². The Hall–Kier alpha value is -3.36. The fraction of sp³-hybridized carbons (Fsp3) is 0.0968. The van der Waals surface area contributed by atoms with Crippen molar-refractivity contribution in [1.82, 2.24) is 0 Å². The molecule has 1 heterocycles. The molecule has 0 saturated carbocycles. The normalized spacial score (nSPS) is 24.1. The summed E-state index contributed by atoms with van der Waals surface area (Å²) in [6.07, 6.45) is 7.06. The minimum absolute atomic E-state index is 0.208. The van der Waals surface area contributed by atoms with E-state index in [1.807, 2.05) is 0 Å². The number of furan rings is 1. The average Bonchev–Trinajstić information content (AvgIpc) is 3.47. The fourth-order valence-electron chi connectivity index (χ4n) is 6.93. The molecule has 3 atom stereocenters. The molecular weight excluding hydrogens is 468 g/mol. The van der Waals surface area contributed by atoms with E-state index in [9.17, 15) is 0 Å². The Morgan fingerprint density at radius 1 is 0.727 bits per heavy atom. The minimum atomic E-state index is -0.208. The molecule has 0 bridgehead atoms. The highest BCUT2D eigenvalue weighted by atomic mass is 79.9. The highest BCUT2D eigenvalue weighted by Crippen LogP contribution is 2.66. The second-order valence-corrected chi connectivity index (χ2v) is 10.3. The summed E-state index contributed by atoms with van der Waals surface area (Å²) >= 11 is 3.75. The van der Waals surface area contributed by atoms with Gasteiger partial charge in [0.1, 0.15) is 11.2 Å². The van der Waals surface area contributed by atoms with Crippen LogP contribution in [-0.2, 0) is 5.41 Å². The van der Waals surface area contributed by atoms with Crippen molar-refractivity contribution in [3.63, 3.8) is 0 Å². The van der Waals surface area contributed by atoms with E-state index >= 15 is 0 Å². The third-order valence-electron chi connectivity index (χ3n) is 8.02. The third kappa shape index (κ3) is 2.05. The van der Waals surface area contributed by atoms with Gasteiger partial charge in [-0.05, 0) is 45.5 Å². The van der Waals surface area contributed by atoms with Crippen LogP contribution in [0.1, 0.15) is 28.2 Å². The first kappa shape index (κ1) is 18.1. The molecule has 0 amide bonds. The Morgan fingerprint density at radius 3 is 2.45 bits per heavy atom. The summed E-state index contributed by atoms with van der Waals surface area (Å²) in [6, 6.07) is 31.0. The number of para-hydroxylation sites is 1. The van der Waals surface area contributed by atoms with E-state index in [1.165, 1.54) is 48.6 Å². The summed E-state index contributed by atoms with van der Waals surface area (Å²) < 4.78 is 7.47. The Bertz CT molecular complexity index is 1700. The first-order valence-corrected chi connectivity index (χ1v) is 12.3. The van der Waals surface area contributed by atoms with Gasteiger partial charge in [-0.3, -0.25) is 0 Å². The van der Waals surface area contributed by atoms with E-state index in [0.717, 1.165) is 11.2 Å². The van der Waals surface area contributed by atoms with Crippen molar-refractivity contribution < 1.29 is 4.42 Å². The first-order valence-electron chi connectivity index (χ1n) is 11.5. The SMILES string of the molecule is BrC1=CC2c3ccccc3C3(c4ccccc4-c4c3ccc3oc5ccccc5c43)C2C=C1. The third-order valence-corrected chi connectivity index (χ3v) is 8.55. The van der Waals surface area contributed by atoms with Gasteiger partial charge in [0.25, 0.3) is 0 Å². The second-order valence-electron chi connectivity index (χ2n) is 9.36. The molecule has 3 unspecified atom stereocenters. The van der Waals surface area contributed by atoms with Gasteiger partial charge in [-0.1, -0.05) is 107 Å². The van der Waals surface area contributed by atoms with Crippen LogP contribution in [-0.4, -0.2) is 0 Å². The molecule has 4 aromatic carbocycles. The molecular formula is C31H19BrO. The molecule has 1 aromatic heterocycles. The summed E-state index contributed by atoms with van der Waals surface area (Å²) in [6.45, 7) is 0. The summed E-state index contributed by atoms with van der Waals surface area (Å²) in [7, 11) is 0. The summed E-state index contributed by atoms with van der Waals surface area (Å²) in [4.78, 5) is 0. The van der Waals surface area contributed by atoms with E-state index in [-0.39, 0.29) is 5.41 Å². The van der Waals surface area contributed by atoms with Gasteiger partial charge in [0.2, 0.25) is 0 Å². The lowest BCUT2D eigenvalue weighted by molar-refractivity contribution is 0.465. The number of halogens is 1. The van der Waals surface area contributed by atoms with Gasteiger partial charge in [0.05, 0.1) is 5.41 Å². The summed E-state index contributed by atoms with van der Waals surface area (Å²) in [5, 5.41) is 2.44. The molecule has 0 fully saturated rings. The first-order chi connectivity index (χ1) is 16.3. The van der Waals surface area contributed by atoms with Crippen LogP contribution in [0.5, 0.6) is 0 Å². The zero-order valence-electron chi connectivity index (χ0n) is 17.8. The zero-order valence-corrected chi connectivity index (χ0v) is 19.3. The number of hydrogen-bond donors (Lipinski definition) is 0. The van der Waals surface area contributed by atoms with Crippen molar-refractivity contribution in [3.05, 3.63) is 130 Å². The maximum atomic E-state index is 6.30. The molecule has 0 saturated heterocycles. The van der Waals surface area contributed by atoms with Crippen LogP contribution in [0.25, 0.3) is 33.1 Å². The predicted molar refractivity (Wildman–Crippen MR) is 138 cm³/mol. The highest BCUT2D eigenvalue weighted by molar-refractivity contribution is 9.11. The van der Waals surface area contributed by atoms with Crippen molar-refractivity contribution >= 4 is 37.9 Å². The van der Waals surface area contributed by atoms with E-state index in [4.69, 9.17) is 4.42 Å². The molecule has 3 aliphatic rings. The van der Waals surface area contributed by atoms with Gasteiger partial charge in [0, 0.05) is 27.1 Å². The van der Waals surface area contributed by atoms with Crippen LogP contribution >= 0.6 is 15.9 Å². The highest BCUT2D eigenvalue weighted by Gasteiger charge is 2.57. The van der Waals surface area contributed by atoms with Crippen molar-refractivity contribution in [2.24, 2.45) is 5.92 Å². The number of hydrogen-bond acceptors (Lipinski definition) is 1. The van der Waals surface area contributed by atoms with Crippen LogP contribution < -0.4 is 0 Å². The second kappa shape index (κ2) is 6.15. The van der Waals surface area contributed by atoms with Crippen LogP contribution in [0, 0.1) is 5.92 Å². The fourth-order valence-corrected chi connectivity index (χ4v) is 7.37. The van der Waals surface area contributed by atoms with Crippen molar-refractivity contribution in [1.29, 1.82) is 0 Å². The van der Waals surface area contributed by atoms with E-state index in [0.29, 0.717) is 11.8 Å². The molecule has 2 heteroatoms. The summed E-state index contributed by atoms with van der Waals surface area (Å²) in [5.41, 5.74) is 10.1. The van der Waals surface area contributed by atoms with Crippen LogP contribution in [0.3, 0.4) is 0 Å². The molecule has 0 N–H and O–H groups in total. The van der Waals surface area contributed by atoms with Crippen LogP contribution in [0.2, 0.25) is 0 Å². The number of allylic oxidation sites excluding steroid dienone is 4. The molecule has 156 valence electrons. The van der Waals surface area contributed by atoms with Gasteiger partial charge in [0.15, 0.2) is 0 Å². The molecule has 33 heavy (non-hydrogen) atoms. The summed E-state index contributed by atoms with van der Waals surface area (Å²) in [5.74, 6) is 0.672. The van der Waals surface area contributed by atoms with Crippen LogP contribution in [0.4, 0.5) is 0 Å². The number of rotatable bonds is 0. The van der Waals surface area contributed by atoms with Gasteiger partial charge >= 0.3 is 0 Å². The number of fused-ring (bicyclic) bond motifs is 14. The maximum absolute atomic E-state index is 6.30. The molecule has 0 radical (unpaired) electrons. The molecule has 1 nitrogen and oxygen atoms in total.